The number of amides is 2. The van der Waals surface area contributed by atoms with E-state index in [0.29, 0.717) is 25.2 Å². The average molecular weight is 367 g/mol. The number of rotatable bonds is 5. The molecule has 3 rings (SSSR count). The monoisotopic (exact) mass is 366 g/mol. The number of carbonyl (C=O) groups excluding carboxylic acids is 2. The van der Waals surface area contributed by atoms with Crippen molar-refractivity contribution in [2.24, 2.45) is 5.73 Å². The lowest BCUT2D eigenvalue weighted by Gasteiger charge is -2.16. The molecule has 0 radical (unpaired) electrons. The van der Waals surface area contributed by atoms with E-state index in [1.54, 1.807) is 10.3 Å². The highest BCUT2D eigenvalue weighted by Gasteiger charge is 2.21. The molecule has 1 aliphatic heterocycles. The van der Waals surface area contributed by atoms with Crippen LogP contribution < -0.4 is 16.0 Å². The van der Waals surface area contributed by atoms with E-state index in [1.807, 2.05) is 24.3 Å². The zero-order valence-electron chi connectivity index (χ0n) is 13.0. The summed E-state index contributed by atoms with van der Waals surface area (Å²) in [7, 11) is 0. The first kappa shape index (κ1) is 18.4. The van der Waals surface area contributed by atoms with Gasteiger partial charge in [-0.05, 0) is 24.1 Å². The first-order valence-corrected chi connectivity index (χ1v) is 8.37. The molecule has 0 aliphatic carbocycles. The predicted molar refractivity (Wildman–Crippen MR) is 96.5 cm³/mol. The molecular weight excluding hydrogens is 348 g/mol. The molecule has 3 N–H and O–H groups in total. The molecule has 0 bridgehead atoms. The number of nitrogens with zero attached hydrogens (tertiary/aromatic N) is 2. The second-order valence-corrected chi connectivity index (χ2v) is 6.27. The van der Waals surface area contributed by atoms with Crippen LogP contribution in [0.25, 0.3) is 0 Å². The Morgan fingerprint density at radius 3 is 2.92 bits per heavy atom. The minimum Gasteiger partial charge on any atom is -0.347 e. The van der Waals surface area contributed by atoms with Crippen molar-refractivity contribution < 1.29 is 9.59 Å². The summed E-state index contributed by atoms with van der Waals surface area (Å²) in [4.78, 5) is 29.8. The van der Waals surface area contributed by atoms with Gasteiger partial charge < -0.3 is 16.0 Å². The van der Waals surface area contributed by atoms with Crippen LogP contribution in [0.1, 0.15) is 33.9 Å². The van der Waals surface area contributed by atoms with Crippen molar-refractivity contribution in [1.29, 1.82) is 0 Å². The van der Waals surface area contributed by atoms with E-state index in [-0.39, 0.29) is 24.2 Å². The van der Waals surface area contributed by atoms with Gasteiger partial charge in [0.25, 0.3) is 5.91 Å². The third-order valence-corrected chi connectivity index (χ3v) is 4.58. The van der Waals surface area contributed by atoms with Gasteiger partial charge in [0.1, 0.15) is 10.7 Å². The molecule has 1 aliphatic rings. The maximum atomic E-state index is 12.1. The maximum Gasteiger partial charge on any atom is 0.271 e. The molecule has 0 spiro atoms. The first-order chi connectivity index (χ1) is 11.2. The molecule has 8 heteroatoms. The largest absolute Gasteiger partial charge is 0.347 e. The van der Waals surface area contributed by atoms with Crippen molar-refractivity contribution in [3.05, 3.63) is 45.9 Å². The number of aromatic nitrogens is 1. The summed E-state index contributed by atoms with van der Waals surface area (Å²) in [5, 5.41) is 5.29. The van der Waals surface area contributed by atoms with Gasteiger partial charge in [-0.1, -0.05) is 12.1 Å². The molecule has 2 amide bonds. The molecule has 2 heterocycles. The lowest BCUT2D eigenvalue weighted by molar-refractivity contribution is -0.117. The third-order valence-electron chi connectivity index (χ3n) is 3.71. The van der Waals surface area contributed by atoms with Gasteiger partial charge in [0, 0.05) is 37.1 Å². The third kappa shape index (κ3) is 4.11. The van der Waals surface area contributed by atoms with Gasteiger partial charge in [0.15, 0.2) is 0 Å². The van der Waals surface area contributed by atoms with Gasteiger partial charge in [0.2, 0.25) is 5.91 Å². The average Bonchev–Trinajstić information content (AvgIpc) is 3.21. The molecule has 0 unspecified atom stereocenters. The van der Waals surface area contributed by atoms with Crippen molar-refractivity contribution in [2.45, 2.75) is 25.9 Å². The van der Waals surface area contributed by atoms with Crippen molar-refractivity contribution in [2.75, 3.05) is 11.4 Å². The standard InChI is InChI=1S/C16H18N4O2S.ClH/c17-8-14-19-13(10-23-14)16(22)18-9-11-3-1-4-12(7-11)20-6-2-5-15(20)21;/h1,3-4,7,10H,2,5-6,8-9,17H2,(H,18,22);1H. The Labute approximate surface area is 150 Å². The van der Waals surface area contributed by atoms with Gasteiger partial charge in [-0.25, -0.2) is 4.98 Å². The lowest BCUT2D eigenvalue weighted by Crippen LogP contribution is -2.25. The maximum absolute atomic E-state index is 12.1. The number of anilines is 1. The fourth-order valence-electron chi connectivity index (χ4n) is 2.54. The van der Waals surface area contributed by atoms with Crippen LogP contribution in [-0.2, 0) is 17.9 Å². The summed E-state index contributed by atoms with van der Waals surface area (Å²) in [6.07, 6.45) is 1.50. The van der Waals surface area contributed by atoms with Crippen LogP contribution in [0.2, 0.25) is 0 Å². The minimum absolute atomic E-state index is 0. The SMILES string of the molecule is Cl.NCc1nc(C(=O)NCc2cccc(N3CCCC3=O)c2)cs1. The molecule has 0 atom stereocenters. The van der Waals surface area contributed by atoms with E-state index < -0.39 is 0 Å². The normalized spacial score (nSPS) is 13.7. The van der Waals surface area contributed by atoms with Crippen molar-refractivity contribution in [3.63, 3.8) is 0 Å². The van der Waals surface area contributed by atoms with Crippen LogP contribution in [0.5, 0.6) is 0 Å². The number of carbonyl (C=O) groups is 2. The number of halogens is 1. The summed E-state index contributed by atoms with van der Waals surface area (Å²) >= 11 is 1.38. The minimum atomic E-state index is -0.219. The Bertz CT molecular complexity index is 734. The number of nitrogens with one attached hydrogen (secondary N) is 1. The smallest absolute Gasteiger partial charge is 0.271 e. The van der Waals surface area contributed by atoms with E-state index in [0.717, 1.165) is 29.2 Å². The zero-order chi connectivity index (χ0) is 16.2. The second-order valence-electron chi connectivity index (χ2n) is 5.33. The molecule has 0 saturated carbocycles. The Kier molecular flexibility index (Phi) is 6.30. The number of nitrogens with two attached hydrogens (primary N) is 1. The van der Waals surface area contributed by atoms with Gasteiger partial charge in [-0.2, -0.15) is 0 Å². The van der Waals surface area contributed by atoms with E-state index >= 15 is 0 Å². The van der Waals surface area contributed by atoms with E-state index in [2.05, 4.69) is 10.3 Å². The van der Waals surface area contributed by atoms with Crippen LogP contribution in [0.4, 0.5) is 5.69 Å². The van der Waals surface area contributed by atoms with Gasteiger partial charge >= 0.3 is 0 Å². The molecule has 1 aromatic heterocycles. The molecule has 1 saturated heterocycles. The van der Waals surface area contributed by atoms with Crippen LogP contribution in [-0.4, -0.2) is 23.3 Å². The summed E-state index contributed by atoms with van der Waals surface area (Å²) in [6.45, 7) is 1.49. The summed E-state index contributed by atoms with van der Waals surface area (Å²) in [5.74, 6) is -0.0634. The highest BCUT2D eigenvalue weighted by atomic mass is 35.5. The molecule has 128 valence electrons. The number of hydrogen-bond acceptors (Lipinski definition) is 5. The second kappa shape index (κ2) is 8.23. The molecule has 1 fully saturated rings. The Morgan fingerprint density at radius 1 is 1.42 bits per heavy atom. The molecule has 2 aromatic rings. The Balaban J connectivity index is 0.00000208. The zero-order valence-corrected chi connectivity index (χ0v) is 14.7. The van der Waals surface area contributed by atoms with Gasteiger partial charge in [0.05, 0.1) is 0 Å². The topological polar surface area (TPSA) is 88.3 Å². The Morgan fingerprint density at radius 2 is 2.25 bits per heavy atom. The summed E-state index contributed by atoms with van der Waals surface area (Å²) < 4.78 is 0. The van der Waals surface area contributed by atoms with Crippen molar-refractivity contribution >= 4 is 41.2 Å². The van der Waals surface area contributed by atoms with E-state index in [4.69, 9.17) is 5.73 Å². The quantitative estimate of drug-likeness (QED) is 0.847. The molecule has 24 heavy (non-hydrogen) atoms. The lowest BCUT2D eigenvalue weighted by atomic mass is 10.2. The fraction of sp³-hybridized carbons (Fsp3) is 0.312. The van der Waals surface area contributed by atoms with Crippen LogP contribution in [0.3, 0.4) is 0 Å². The van der Waals surface area contributed by atoms with Crippen molar-refractivity contribution in [3.8, 4) is 0 Å². The molecule has 6 nitrogen and oxygen atoms in total. The number of thiazole rings is 1. The predicted octanol–water partition coefficient (Wildman–Crippen LogP) is 2.08. The number of benzene rings is 1. The summed E-state index contributed by atoms with van der Waals surface area (Å²) in [6, 6.07) is 7.69. The van der Waals surface area contributed by atoms with Gasteiger partial charge in [-0.3, -0.25) is 9.59 Å². The summed E-state index contributed by atoms with van der Waals surface area (Å²) in [5.41, 5.74) is 7.73. The van der Waals surface area contributed by atoms with E-state index in [9.17, 15) is 9.59 Å². The first-order valence-electron chi connectivity index (χ1n) is 7.49. The highest BCUT2D eigenvalue weighted by Crippen LogP contribution is 2.22. The van der Waals surface area contributed by atoms with Crippen LogP contribution in [0, 0.1) is 0 Å². The van der Waals surface area contributed by atoms with Crippen LogP contribution >= 0.6 is 23.7 Å². The number of hydrogen-bond donors (Lipinski definition) is 2. The van der Waals surface area contributed by atoms with Crippen LogP contribution in [0.15, 0.2) is 29.6 Å². The van der Waals surface area contributed by atoms with Crippen molar-refractivity contribution in [1.82, 2.24) is 10.3 Å². The van der Waals surface area contributed by atoms with E-state index in [1.165, 1.54) is 11.3 Å². The highest BCUT2D eigenvalue weighted by molar-refractivity contribution is 7.09. The molecular formula is C16H19ClN4O2S. The Hall–Kier alpha value is -1.96. The molecule has 1 aromatic carbocycles. The fourth-order valence-corrected chi connectivity index (χ4v) is 3.19. The van der Waals surface area contributed by atoms with Gasteiger partial charge in [-0.15, -0.1) is 23.7 Å².